The Bertz CT molecular complexity index is 2920. The van der Waals surface area contributed by atoms with E-state index < -0.39 is 11.8 Å². The number of fused-ring (bicyclic) bond motifs is 2. The average Bonchev–Trinajstić information content (AvgIpc) is 3.94. The maximum atomic E-state index is 9.85. The number of hydrogen-bond acceptors (Lipinski definition) is 13. The monoisotopic (exact) mass is 912 g/mol. The number of thiazole rings is 2. The number of ether oxygens (including phenoxy) is 1. The summed E-state index contributed by atoms with van der Waals surface area (Å²) in [7, 11) is 0. The van der Waals surface area contributed by atoms with E-state index in [1.165, 1.54) is 28.2 Å². The van der Waals surface area contributed by atoms with Gasteiger partial charge in [0.2, 0.25) is 11.9 Å². The standard InChI is InChI=1S/C27H21N5OS.C21H16BrN5S/c28-18-21(26-31-23-11-5-7-13-25(23)34-26)22-15-17-30-27(32-22)29-16-14-19-8-4-6-12-24(19)33-20-9-2-1-3-10-20;22-15-7-5-14(6-8-15)9-11-24-21-25-12-10-17(27-21)16(13-23)20-26-18-3-1-2-4-19(18)28-20/h1-13,15,17,21H,14,16H2,(H,29,30,32);1-8,10,12,16H,9,11H2,(H,24,25,27). The minimum absolute atomic E-state index is 0.486. The number of nitrogens with zero attached hydrogens (tertiary/aromatic N) is 8. The molecule has 2 atom stereocenters. The summed E-state index contributed by atoms with van der Waals surface area (Å²) < 4.78 is 9.24. The molecule has 62 heavy (non-hydrogen) atoms. The third-order valence-corrected chi connectivity index (χ3v) is 12.3. The zero-order valence-corrected chi connectivity index (χ0v) is 36.3. The average molecular weight is 914 g/mol. The van der Waals surface area contributed by atoms with E-state index in [2.05, 4.69) is 86.8 Å². The minimum atomic E-state index is -0.541. The van der Waals surface area contributed by atoms with Crippen molar-refractivity contribution in [1.82, 2.24) is 29.9 Å². The van der Waals surface area contributed by atoms with E-state index in [9.17, 15) is 10.5 Å². The Morgan fingerprint density at radius 1 is 0.565 bits per heavy atom. The van der Waals surface area contributed by atoms with Crippen molar-refractivity contribution in [2.75, 3.05) is 23.7 Å². The van der Waals surface area contributed by atoms with Gasteiger partial charge in [0, 0.05) is 30.0 Å². The molecular weight excluding hydrogens is 877 g/mol. The van der Waals surface area contributed by atoms with Crippen LogP contribution in [0.2, 0.25) is 0 Å². The van der Waals surface area contributed by atoms with Gasteiger partial charge in [-0.1, -0.05) is 88.7 Å². The molecule has 0 spiro atoms. The van der Waals surface area contributed by atoms with E-state index in [0.717, 1.165) is 64.8 Å². The zero-order chi connectivity index (χ0) is 42.5. The van der Waals surface area contributed by atoms with Gasteiger partial charge in [-0.15, -0.1) is 22.7 Å². The number of anilines is 2. The molecule has 14 heteroatoms. The molecule has 4 heterocycles. The summed E-state index contributed by atoms with van der Waals surface area (Å²) in [4.78, 5) is 27.0. The SMILES string of the molecule is N#CC(c1ccnc(NCCc2ccc(Br)cc2)n1)c1nc2ccccc2s1.N#CC(c1ccnc(NCCc2ccccc2Oc2ccccc2)n1)c1nc2ccccc2s1. The van der Waals surface area contributed by atoms with Gasteiger partial charge in [-0.05, 0) is 90.7 Å². The van der Waals surface area contributed by atoms with Crippen LogP contribution < -0.4 is 15.4 Å². The highest BCUT2D eigenvalue weighted by Crippen LogP contribution is 2.32. The minimum Gasteiger partial charge on any atom is -0.457 e. The largest absolute Gasteiger partial charge is 0.457 e. The number of benzene rings is 5. The number of nitrogens with one attached hydrogen (secondary N) is 2. The molecule has 2 N–H and O–H groups in total. The molecule has 0 fully saturated rings. The van der Waals surface area contributed by atoms with Gasteiger partial charge in [0.1, 0.15) is 33.4 Å². The third-order valence-electron chi connectivity index (χ3n) is 9.55. The Kier molecular flexibility index (Phi) is 13.7. The second kappa shape index (κ2) is 20.4. The van der Waals surface area contributed by atoms with E-state index in [1.54, 1.807) is 24.5 Å². The third kappa shape index (κ3) is 10.6. The number of hydrogen-bond donors (Lipinski definition) is 2. The first kappa shape index (κ1) is 41.6. The molecule has 9 aromatic rings. The highest BCUT2D eigenvalue weighted by atomic mass is 79.9. The van der Waals surface area contributed by atoms with Crippen molar-refractivity contribution in [1.29, 1.82) is 10.5 Å². The Morgan fingerprint density at radius 3 is 1.65 bits per heavy atom. The van der Waals surface area contributed by atoms with Gasteiger partial charge in [-0.2, -0.15) is 10.5 Å². The predicted molar refractivity (Wildman–Crippen MR) is 250 cm³/mol. The smallest absolute Gasteiger partial charge is 0.222 e. The highest BCUT2D eigenvalue weighted by Gasteiger charge is 2.21. The molecule has 0 saturated heterocycles. The molecule has 9 rings (SSSR count). The summed E-state index contributed by atoms with van der Waals surface area (Å²) in [6.07, 6.45) is 4.95. The Labute approximate surface area is 375 Å². The molecule has 0 aliphatic carbocycles. The van der Waals surface area contributed by atoms with Crippen molar-refractivity contribution >= 4 is 70.9 Å². The normalized spacial score (nSPS) is 11.7. The molecule has 0 saturated carbocycles. The van der Waals surface area contributed by atoms with E-state index in [1.807, 2.05) is 109 Å². The molecule has 0 amide bonds. The predicted octanol–water partition coefficient (Wildman–Crippen LogP) is 11.3. The van der Waals surface area contributed by atoms with Crippen LogP contribution in [-0.4, -0.2) is 43.0 Å². The van der Waals surface area contributed by atoms with Gasteiger partial charge in [0.05, 0.1) is 44.0 Å². The van der Waals surface area contributed by atoms with Crippen LogP contribution in [0.1, 0.15) is 44.4 Å². The first-order valence-electron chi connectivity index (χ1n) is 19.7. The van der Waals surface area contributed by atoms with Crippen LogP contribution >= 0.6 is 38.6 Å². The summed E-state index contributed by atoms with van der Waals surface area (Å²) in [5, 5.41) is 27.6. The first-order valence-corrected chi connectivity index (χ1v) is 22.1. The lowest BCUT2D eigenvalue weighted by molar-refractivity contribution is 0.476. The summed E-state index contributed by atoms with van der Waals surface area (Å²) in [5.74, 6) is 1.59. The van der Waals surface area contributed by atoms with Crippen LogP contribution in [0, 0.1) is 22.7 Å². The van der Waals surface area contributed by atoms with Crippen molar-refractivity contribution < 1.29 is 4.74 Å². The topological polar surface area (TPSA) is 158 Å². The fraction of sp³-hybridized carbons (Fsp3) is 0.125. The highest BCUT2D eigenvalue weighted by molar-refractivity contribution is 9.10. The van der Waals surface area contributed by atoms with E-state index >= 15 is 0 Å². The summed E-state index contributed by atoms with van der Waals surface area (Å²) in [6, 6.07) is 50.0. The summed E-state index contributed by atoms with van der Waals surface area (Å²) in [5.41, 5.74) is 5.40. The summed E-state index contributed by atoms with van der Waals surface area (Å²) in [6.45, 7) is 1.33. The van der Waals surface area contributed by atoms with E-state index in [-0.39, 0.29) is 0 Å². The molecular formula is C48H37BrN10OS2. The number of aromatic nitrogens is 6. The van der Waals surface area contributed by atoms with Gasteiger partial charge in [0.15, 0.2) is 0 Å². The van der Waals surface area contributed by atoms with Crippen LogP contribution in [0.3, 0.4) is 0 Å². The Morgan fingerprint density at radius 2 is 1.08 bits per heavy atom. The van der Waals surface area contributed by atoms with Crippen LogP contribution in [0.5, 0.6) is 11.5 Å². The van der Waals surface area contributed by atoms with Crippen molar-refractivity contribution in [3.05, 3.63) is 189 Å². The van der Waals surface area contributed by atoms with Crippen LogP contribution in [-0.2, 0) is 12.8 Å². The number of halogens is 1. The van der Waals surface area contributed by atoms with Gasteiger partial charge in [0.25, 0.3) is 0 Å². The van der Waals surface area contributed by atoms with E-state index in [0.29, 0.717) is 36.4 Å². The second-order valence-corrected chi connectivity index (χ2v) is 16.8. The van der Waals surface area contributed by atoms with Crippen molar-refractivity contribution in [2.24, 2.45) is 0 Å². The first-order chi connectivity index (χ1) is 30.5. The van der Waals surface area contributed by atoms with Gasteiger partial charge in [-0.3, -0.25) is 0 Å². The summed E-state index contributed by atoms with van der Waals surface area (Å²) >= 11 is 6.49. The van der Waals surface area contributed by atoms with Gasteiger partial charge >= 0.3 is 0 Å². The number of nitriles is 2. The molecule has 5 aromatic carbocycles. The van der Waals surface area contributed by atoms with E-state index in [4.69, 9.17) is 4.74 Å². The van der Waals surface area contributed by atoms with Crippen molar-refractivity contribution in [2.45, 2.75) is 24.7 Å². The van der Waals surface area contributed by atoms with Crippen molar-refractivity contribution in [3.63, 3.8) is 0 Å². The number of rotatable bonds is 14. The van der Waals surface area contributed by atoms with Gasteiger partial charge < -0.3 is 15.4 Å². The molecule has 4 aromatic heterocycles. The molecule has 2 unspecified atom stereocenters. The van der Waals surface area contributed by atoms with Crippen molar-refractivity contribution in [3.8, 4) is 23.6 Å². The Balaban J connectivity index is 0.000000174. The lowest BCUT2D eigenvalue weighted by Gasteiger charge is -2.12. The molecule has 0 bridgehead atoms. The molecule has 11 nitrogen and oxygen atoms in total. The number of para-hydroxylation sites is 4. The lowest BCUT2D eigenvalue weighted by atomic mass is 10.1. The Hall–Kier alpha value is -7.10. The van der Waals surface area contributed by atoms with Gasteiger partial charge in [-0.25, -0.2) is 29.9 Å². The second-order valence-electron chi connectivity index (χ2n) is 13.8. The quantitative estimate of drug-likeness (QED) is 0.107. The van der Waals surface area contributed by atoms with Crippen LogP contribution in [0.15, 0.2) is 156 Å². The fourth-order valence-electron chi connectivity index (χ4n) is 6.46. The molecule has 0 aliphatic rings. The maximum Gasteiger partial charge on any atom is 0.222 e. The molecule has 0 aliphatic heterocycles. The molecule has 0 radical (unpaired) electrons. The lowest BCUT2D eigenvalue weighted by Crippen LogP contribution is -2.10. The van der Waals surface area contributed by atoms with Crippen LogP contribution in [0.4, 0.5) is 11.9 Å². The zero-order valence-electron chi connectivity index (χ0n) is 33.1. The maximum absolute atomic E-state index is 9.85. The molecule has 304 valence electrons. The van der Waals surface area contributed by atoms with Crippen LogP contribution in [0.25, 0.3) is 20.4 Å². The fourth-order valence-corrected chi connectivity index (χ4v) is 8.78.